The standard InChI is InChI=1S/C14H11Cl2N3OS/c15-8-5-6-10(16)12(7-8)19-14(20)18-11-4-2-1-3-9(11)13(17)21/h1-7H,(H2,17,21)(H2,18,19,20). The van der Waals surface area contributed by atoms with Crippen LogP contribution in [0, 0.1) is 0 Å². The van der Waals surface area contributed by atoms with Crippen molar-refractivity contribution in [2.45, 2.75) is 0 Å². The number of nitrogens with one attached hydrogen (secondary N) is 2. The first-order valence-corrected chi connectivity index (χ1v) is 7.05. The maximum atomic E-state index is 12.0. The number of nitrogens with two attached hydrogens (primary N) is 1. The molecule has 2 rings (SSSR count). The Morgan fingerprint density at radius 2 is 1.71 bits per heavy atom. The van der Waals surface area contributed by atoms with Crippen LogP contribution in [0.4, 0.5) is 16.2 Å². The lowest BCUT2D eigenvalue weighted by molar-refractivity contribution is 0.262. The highest BCUT2D eigenvalue weighted by molar-refractivity contribution is 7.80. The van der Waals surface area contributed by atoms with Crippen molar-refractivity contribution >= 4 is 57.8 Å². The Hall–Kier alpha value is -1.82. The third kappa shape index (κ3) is 4.07. The Kier molecular flexibility index (Phi) is 5.01. The number of hydrogen-bond donors (Lipinski definition) is 3. The number of hydrogen-bond acceptors (Lipinski definition) is 2. The van der Waals surface area contributed by atoms with E-state index in [0.29, 0.717) is 27.0 Å². The molecule has 0 aromatic heterocycles. The van der Waals surface area contributed by atoms with Gasteiger partial charge in [0.2, 0.25) is 0 Å². The van der Waals surface area contributed by atoms with Gasteiger partial charge >= 0.3 is 6.03 Å². The molecule has 0 radical (unpaired) electrons. The molecule has 21 heavy (non-hydrogen) atoms. The number of para-hydroxylation sites is 1. The van der Waals surface area contributed by atoms with Crippen LogP contribution in [0.15, 0.2) is 42.5 Å². The fourth-order valence-electron chi connectivity index (χ4n) is 1.68. The topological polar surface area (TPSA) is 67.1 Å². The van der Waals surface area contributed by atoms with Crippen LogP contribution in [-0.4, -0.2) is 11.0 Å². The molecule has 0 aliphatic rings. The third-order valence-corrected chi connectivity index (χ3v) is 3.40. The van der Waals surface area contributed by atoms with Gasteiger partial charge in [-0.2, -0.15) is 0 Å². The molecule has 0 atom stereocenters. The van der Waals surface area contributed by atoms with Crippen molar-refractivity contribution in [3.05, 3.63) is 58.1 Å². The summed E-state index contributed by atoms with van der Waals surface area (Å²) in [5.41, 5.74) is 7.12. The Morgan fingerprint density at radius 1 is 1.05 bits per heavy atom. The van der Waals surface area contributed by atoms with Crippen molar-refractivity contribution in [3.8, 4) is 0 Å². The fraction of sp³-hybridized carbons (Fsp3) is 0. The molecule has 4 N–H and O–H groups in total. The average molecular weight is 340 g/mol. The van der Waals surface area contributed by atoms with Crippen molar-refractivity contribution in [2.24, 2.45) is 5.73 Å². The summed E-state index contributed by atoms with van der Waals surface area (Å²) >= 11 is 16.8. The second kappa shape index (κ2) is 6.76. The van der Waals surface area contributed by atoms with Gasteiger partial charge < -0.3 is 16.4 Å². The van der Waals surface area contributed by atoms with Crippen LogP contribution in [0.25, 0.3) is 0 Å². The van der Waals surface area contributed by atoms with Gasteiger partial charge in [-0.05, 0) is 30.3 Å². The molecule has 108 valence electrons. The van der Waals surface area contributed by atoms with Gasteiger partial charge in [0.15, 0.2) is 0 Å². The zero-order valence-electron chi connectivity index (χ0n) is 10.7. The van der Waals surface area contributed by atoms with Gasteiger partial charge in [-0.1, -0.05) is 47.6 Å². The minimum absolute atomic E-state index is 0.201. The zero-order valence-corrected chi connectivity index (χ0v) is 13.0. The molecule has 0 spiro atoms. The van der Waals surface area contributed by atoms with E-state index < -0.39 is 6.03 Å². The van der Waals surface area contributed by atoms with Crippen LogP contribution in [0.5, 0.6) is 0 Å². The summed E-state index contributed by atoms with van der Waals surface area (Å²) in [5.74, 6) is 0. The number of carbonyl (C=O) groups is 1. The minimum Gasteiger partial charge on any atom is -0.389 e. The number of carbonyl (C=O) groups excluding carboxylic acids is 1. The number of urea groups is 1. The molecule has 2 aromatic carbocycles. The van der Waals surface area contributed by atoms with Crippen molar-refractivity contribution in [1.82, 2.24) is 0 Å². The van der Waals surface area contributed by atoms with Gasteiger partial charge in [0.1, 0.15) is 4.99 Å². The van der Waals surface area contributed by atoms with Crippen LogP contribution >= 0.6 is 35.4 Å². The maximum absolute atomic E-state index is 12.0. The van der Waals surface area contributed by atoms with E-state index in [0.717, 1.165) is 0 Å². The Bertz CT molecular complexity index is 706. The molecule has 2 aromatic rings. The predicted octanol–water partition coefficient (Wildman–Crippen LogP) is 4.27. The van der Waals surface area contributed by atoms with Gasteiger partial charge in [0, 0.05) is 10.6 Å². The average Bonchev–Trinajstić information content (AvgIpc) is 2.43. The van der Waals surface area contributed by atoms with Crippen LogP contribution in [-0.2, 0) is 0 Å². The van der Waals surface area contributed by atoms with Gasteiger partial charge in [0.05, 0.1) is 16.4 Å². The second-order valence-corrected chi connectivity index (χ2v) is 5.40. The third-order valence-electron chi connectivity index (χ3n) is 2.62. The second-order valence-electron chi connectivity index (χ2n) is 4.11. The summed E-state index contributed by atoms with van der Waals surface area (Å²) < 4.78 is 0. The maximum Gasteiger partial charge on any atom is 0.323 e. The van der Waals surface area contributed by atoms with E-state index in [1.165, 1.54) is 0 Å². The summed E-state index contributed by atoms with van der Waals surface area (Å²) in [5, 5.41) is 6.14. The fourth-order valence-corrected chi connectivity index (χ4v) is 2.19. The van der Waals surface area contributed by atoms with Gasteiger partial charge in [-0.15, -0.1) is 0 Å². The van der Waals surface area contributed by atoms with E-state index in [1.807, 2.05) is 0 Å². The molecule has 0 bridgehead atoms. The molecule has 2 amide bonds. The van der Waals surface area contributed by atoms with Crippen LogP contribution in [0.1, 0.15) is 5.56 Å². The summed E-state index contributed by atoms with van der Waals surface area (Å²) in [4.78, 5) is 12.2. The van der Waals surface area contributed by atoms with E-state index in [-0.39, 0.29) is 4.99 Å². The lowest BCUT2D eigenvalue weighted by Gasteiger charge is -2.12. The van der Waals surface area contributed by atoms with E-state index in [4.69, 9.17) is 41.2 Å². The number of anilines is 2. The normalized spacial score (nSPS) is 10.0. The zero-order chi connectivity index (χ0) is 15.4. The summed E-state index contributed by atoms with van der Waals surface area (Å²) in [6.07, 6.45) is 0. The van der Waals surface area contributed by atoms with Gasteiger partial charge in [0.25, 0.3) is 0 Å². The Balaban J connectivity index is 2.16. The highest BCUT2D eigenvalue weighted by Crippen LogP contribution is 2.25. The first-order chi connectivity index (χ1) is 9.97. The molecule has 0 unspecified atom stereocenters. The van der Waals surface area contributed by atoms with Crippen LogP contribution < -0.4 is 16.4 Å². The quantitative estimate of drug-likeness (QED) is 0.731. The SMILES string of the molecule is NC(=S)c1ccccc1NC(=O)Nc1cc(Cl)ccc1Cl. The summed E-state index contributed by atoms with van der Waals surface area (Å²) in [7, 11) is 0. The first-order valence-electron chi connectivity index (χ1n) is 5.89. The number of rotatable bonds is 3. The monoisotopic (exact) mass is 339 g/mol. The predicted molar refractivity (Wildman–Crippen MR) is 91.4 cm³/mol. The molecule has 0 heterocycles. The largest absolute Gasteiger partial charge is 0.389 e. The highest BCUT2D eigenvalue weighted by atomic mass is 35.5. The molecule has 0 aliphatic heterocycles. The van der Waals surface area contributed by atoms with E-state index in [1.54, 1.807) is 42.5 Å². The Labute approximate surface area is 137 Å². The van der Waals surface area contributed by atoms with Crippen LogP contribution in [0.2, 0.25) is 10.0 Å². The van der Waals surface area contributed by atoms with Gasteiger partial charge in [-0.3, -0.25) is 0 Å². The van der Waals surface area contributed by atoms with Crippen molar-refractivity contribution in [3.63, 3.8) is 0 Å². The first kappa shape index (κ1) is 15.6. The van der Waals surface area contributed by atoms with Crippen molar-refractivity contribution in [2.75, 3.05) is 10.6 Å². The molecule has 4 nitrogen and oxygen atoms in total. The lowest BCUT2D eigenvalue weighted by atomic mass is 10.2. The number of thiocarbonyl (C=S) groups is 1. The van der Waals surface area contributed by atoms with E-state index >= 15 is 0 Å². The Morgan fingerprint density at radius 3 is 2.43 bits per heavy atom. The molecule has 7 heteroatoms. The smallest absolute Gasteiger partial charge is 0.323 e. The number of benzene rings is 2. The molecule has 0 fully saturated rings. The number of halogens is 2. The van der Waals surface area contributed by atoms with E-state index in [2.05, 4.69) is 10.6 Å². The van der Waals surface area contributed by atoms with E-state index in [9.17, 15) is 4.79 Å². The molecular formula is C14H11Cl2N3OS. The molecule has 0 saturated carbocycles. The summed E-state index contributed by atoms with van der Waals surface area (Å²) in [6, 6.07) is 11.3. The van der Waals surface area contributed by atoms with Crippen LogP contribution in [0.3, 0.4) is 0 Å². The highest BCUT2D eigenvalue weighted by Gasteiger charge is 2.10. The summed E-state index contributed by atoms with van der Waals surface area (Å²) in [6.45, 7) is 0. The lowest BCUT2D eigenvalue weighted by Crippen LogP contribution is -2.22. The number of amides is 2. The molecule has 0 saturated heterocycles. The van der Waals surface area contributed by atoms with Crippen molar-refractivity contribution in [1.29, 1.82) is 0 Å². The van der Waals surface area contributed by atoms with Crippen molar-refractivity contribution < 1.29 is 4.79 Å². The molecular weight excluding hydrogens is 329 g/mol. The van der Waals surface area contributed by atoms with Gasteiger partial charge in [-0.25, -0.2) is 4.79 Å². The molecule has 0 aliphatic carbocycles. The minimum atomic E-state index is -0.470.